The second-order valence-corrected chi connectivity index (χ2v) is 6.49. The molecule has 1 aromatic heterocycles. The summed E-state index contributed by atoms with van der Waals surface area (Å²) in [6.07, 6.45) is 0. The lowest BCUT2D eigenvalue weighted by molar-refractivity contribution is 0.0525. The Balaban J connectivity index is 2.30. The zero-order valence-corrected chi connectivity index (χ0v) is 17.9. The number of ether oxygens (including phenoxy) is 4. The maximum Gasteiger partial charge on any atom is 0.340 e. The minimum Gasteiger partial charge on any atom is -0.493 e. The van der Waals surface area contributed by atoms with Gasteiger partial charge in [-0.1, -0.05) is 0 Å². The van der Waals surface area contributed by atoms with E-state index in [0.717, 1.165) is 0 Å². The summed E-state index contributed by atoms with van der Waals surface area (Å²) in [5, 5.41) is 3.15. The first kappa shape index (κ1) is 22.1. The van der Waals surface area contributed by atoms with Crippen LogP contribution in [0.4, 0.5) is 5.69 Å². The van der Waals surface area contributed by atoms with E-state index in [1.165, 1.54) is 21.3 Å². The van der Waals surface area contributed by atoms with Gasteiger partial charge in [-0.2, -0.15) is 0 Å². The number of H-pyrrole nitrogens is 1. The van der Waals surface area contributed by atoms with Crippen LogP contribution in [0.2, 0.25) is 0 Å². The van der Waals surface area contributed by atoms with E-state index in [1.54, 1.807) is 39.8 Å². The van der Waals surface area contributed by atoms with Crippen LogP contribution < -0.4 is 19.5 Å². The van der Waals surface area contributed by atoms with E-state index < -0.39 is 12.0 Å². The second kappa shape index (κ2) is 9.36. The SMILES string of the molecule is CCOC(=O)c1c(C)[nH]c(C(=O)[C@@H](C)Nc2cc(OC)c(OC)c(OC)c2)c1C. The molecule has 2 N–H and O–H groups in total. The number of aromatic nitrogens is 1. The number of ketones is 1. The smallest absolute Gasteiger partial charge is 0.340 e. The first-order chi connectivity index (χ1) is 13.8. The predicted molar refractivity (Wildman–Crippen MR) is 110 cm³/mol. The maximum atomic E-state index is 13.0. The molecule has 8 heteroatoms. The number of aryl methyl sites for hydroxylation is 1. The van der Waals surface area contributed by atoms with Gasteiger partial charge in [0.2, 0.25) is 11.5 Å². The summed E-state index contributed by atoms with van der Waals surface area (Å²) in [4.78, 5) is 28.2. The highest BCUT2D eigenvalue weighted by Gasteiger charge is 2.26. The molecule has 1 heterocycles. The molecule has 0 bridgehead atoms. The third-order valence-corrected chi connectivity index (χ3v) is 4.60. The van der Waals surface area contributed by atoms with Crippen molar-refractivity contribution in [3.05, 3.63) is 34.6 Å². The Hall–Kier alpha value is -3.16. The standard InChI is InChI=1S/C21H28N2O6/c1-8-29-21(25)17-11(2)18(23-12(17)3)19(24)13(4)22-14-9-15(26-5)20(28-7)16(10-14)27-6/h9-10,13,22-23H,8H2,1-7H3/t13-/m1/s1. The topological polar surface area (TPSA) is 98.9 Å². The largest absolute Gasteiger partial charge is 0.493 e. The fourth-order valence-electron chi connectivity index (χ4n) is 3.20. The molecule has 0 saturated heterocycles. The summed E-state index contributed by atoms with van der Waals surface area (Å²) >= 11 is 0. The number of Topliss-reactive ketones (excluding diaryl/α,β-unsaturated/α-hetero) is 1. The molecular formula is C21H28N2O6. The number of rotatable bonds is 9. The third-order valence-electron chi connectivity index (χ3n) is 4.60. The van der Waals surface area contributed by atoms with Gasteiger partial charge in [0.1, 0.15) is 0 Å². The summed E-state index contributed by atoms with van der Waals surface area (Å²) in [6, 6.07) is 2.87. The molecule has 0 amide bonds. The lowest BCUT2D eigenvalue weighted by Crippen LogP contribution is -2.27. The molecule has 0 aliphatic heterocycles. The van der Waals surface area contributed by atoms with Gasteiger partial charge in [-0.05, 0) is 33.3 Å². The van der Waals surface area contributed by atoms with Gasteiger partial charge in [-0.25, -0.2) is 4.79 Å². The molecule has 0 aliphatic rings. The predicted octanol–water partition coefficient (Wildman–Crippen LogP) is 3.52. The first-order valence-electron chi connectivity index (χ1n) is 9.25. The number of aromatic amines is 1. The molecule has 29 heavy (non-hydrogen) atoms. The number of anilines is 1. The molecule has 0 saturated carbocycles. The summed E-state index contributed by atoms with van der Waals surface area (Å²) < 4.78 is 21.1. The highest BCUT2D eigenvalue weighted by Crippen LogP contribution is 2.40. The highest BCUT2D eigenvalue weighted by atomic mass is 16.5. The summed E-state index contributed by atoms with van der Waals surface area (Å²) in [7, 11) is 4.58. The molecule has 1 atom stereocenters. The molecule has 0 radical (unpaired) electrons. The number of benzene rings is 1. The van der Waals surface area contributed by atoms with E-state index in [9.17, 15) is 9.59 Å². The third kappa shape index (κ3) is 4.47. The molecule has 2 aromatic rings. The van der Waals surface area contributed by atoms with Crippen molar-refractivity contribution in [2.24, 2.45) is 0 Å². The van der Waals surface area contributed by atoms with Gasteiger partial charge in [-0.3, -0.25) is 4.79 Å². The number of hydrogen-bond acceptors (Lipinski definition) is 7. The van der Waals surface area contributed by atoms with Crippen LogP contribution in [0.5, 0.6) is 17.2 Å². The molecular weight excluding hydrogens is 376 g/mol. The Morgan fingerprint density at radius 2 is 1.66 bits per heavy atom. The molecule has 0 aliphatic carbocycles. The molecule has 158 valence electrons. The van der Waals surface area contributed by atoms with Gasteiger partial charge in [0, 0.05) is 23.5 Å². The Morgan fingerprint density at radius 1 is 1.07 bits per heavy atom. The van der Waals surface area contributed by atoms with E-state index >= 15 is 0 Å². The number of hydrogen-bond donors (Lipinski definition) is 2. The van der Waals surface area contributed by atoms with Crippen LogP contribution in [-0.4, -0.2) is 50.7 Å². The molecule has 0 unspecified atom stereocenters. The number of esters is 1. The van der Waals surface area contributed by atoms with Gasteiger partial charge in [0.15, 0.2) is 11.5 Å². The highest BCUT2D eigenvalue weighted by molar-refractivity contribution is 6.04. The van der Waals surface area contributed by atoms with Crippen LogP contribution in [-0.2, 0) is 4.74 Å². The van der Waals surface area contributed by atoms with Gasteiger partial charge < -0.3 is 29.2 Å². The van der Waals surface area contributed by atoms with E-state index in [1.807, 2.05) is 0 Å². The number of carbonyl (C=O) groups excluding carboxylic acids is 2. The monoisotopic (exact) mass is 404 g/mol. The van der Waals surface area contributed by atoms with Crippen molar-refractivity contribution in [1.82, 2.24) is 4.98 Å². The number of carbonyl (C=O) groups is 2. The number of nitrogens with one attached hydrogen (secondary N) is 2. The quantitative estimate of drug-likeness (QED) is 0.487. The lowest BCUT2D eigenvalue weighted by Gasteiger charge is -2.18. The van der Waals surface area contributed by atoms with Crippen molar-refractivity contribution in [3.63, 3.8) is 0 Å². The van der Waals surface area contributed by atoms with Crippen LogP contribution >= 0.6 is 0 Å². The Morgan fingerprint density at radius 3 is 2.14 bits per heavy atom. The normalized spacial score (nSPS) is 11.6. The van der Waals surface area contributed by atoms with Gasteiger partial charge in [0.05, 0.1) is 45.2 Å². The van der Waals surface area contributed by atoms with Crippen molar-refractivity contribution < 1.29 is 28.5 Å². The average molecular weight is 404 g/mol. The Bertz CT molecular complexity index is 878. The lowest BCUT2D eigenvalue weighted by atomic mass is 10.0. The van der Waals surface area contributed by atoms with Crippen LogP contribution in [0.15, 0.2) is 12.1 Å². The fraction of sp³-hybridized carbons (Fsp3) is 0.429. The van der Waals surface area contributed by atoms with Crippen molar-refractivity contribution in [1.29, 1.82) is 0 Å². The zero-order valence-electron chi connectivity index (χ0n) is 17.9. The fourth-order valence-corrected chi connectivity index (χ4v) is 3.20. The van der Waals surface area contributed by atoms with E-state index in [4.69, 9.17) is 18.9 Å². The summed E-state index contributed by atoms with van der Waals surface area (Å²) in [5.41, 5.74) is 2.58. The molecule has 0 fully saturated rings. The Labute approximate surface area is 170 Å². The van der Waals surface area contributed by atoms with Crippen LogP contribution in [0, 0.1) is 13.8 Å². The average Bonchev–Trinajstić information content (AvgIpc) is 3.00. The maximum absolute atomic E-state index is 13.0. The van der Waals surface area contributed by atoms with Crippen molar-refractivity contribution in [2.75, 3.05) is 33.3 Å². The molecule has 0 spiro atoms. The van der Waals surface area contributed by atoms with Crippen LogP contribution in [0.3, 0.4) is 0 Å². The molecule has 1 aromatic carbocycles. The zero-order chi connectivity index (χ0) is 21.7. The van der Waals surface area contributed by atoms with Gasteiger partial charge >= 0.3 is 5.97 Å². The first-order valence-corrected chi connectivity index (χ1v) is 9.25. The van der Waals surface area contributed by atoms with Crippen molar-refractivity contribution in [3.8, 4) is 17.2 Å². The number of methoxy groups -OCH3 is 3. The van der Waals surface area contributed by atoms with Gasteiger partial charge in [-0.15, -0.1) is 0 Å². The van der Waals surface area contributed by atoms with Crippen molar-refractivity contribution >= 4 is 17.4 Å². The molecule has 2 rings (SSSR count). The summed E-state index contributed by atoms with van der Waals surface area (Å²) in [6.45, 7) is 7.23. The Kier molecular flexibility index (Phi) is 7.14. The minimum absolute atomic E-state index is 0.185. The van der Waals surface area contributed by atoms with Crippen molar-refractivity contribution in [2.45, 2.75) is 33.7 Å². The second-order valence-electron chi connectivity index (χ2n) is 6.49. The van der Waals surface area contributed by atoms with E-state index in [-0.39, 0.29) is 12.4 Å². The van der Waals surface area contributed by atoms with Crippen LogP contribution in [0.25, 0.3) is 0 Å². The minimum atomic E-state index is -0.579. The van der Waals surface area contributed by atoms with E-state index in [2.05, 4.69) is 10.3 Å². The summed E-state index contributed by atoms with van der Waals surface area (Å²) in [5.74, 6) is 0.795. The van der Waals surface area contributed by atoms with E-state index in [0.29, 0.717) is 45.5 Å². The van der Waals surface area contributed by atoms with Gasteiger partial charge in [0.25, 0.3) is 0 Å². The van der Waals surface area contributed by atoms with Crippen LogP contribution in [0.1, 0.15) is 46.0 Å². The molecule has 8 nitrogen and oxygen atoms in total.